The lowest BCUT2D eigenvalue weighted by molar-refractivity contribution is -0.152. The summed E-state index contributed by atoms with van der Waals surface area (Å²) in [4.78, 5) is 11.6. The number of ether oxygens (including phenoxy) is 1. The molecule has 0 aromatic heterocycles. The second-order valence-electron chi connectivity index (χ2n) is 4.40. The molecule has 0 aliphatic rings. The number of hydrogen-bond acceptors (Lipinski definition) is 4. The van der Waals surface area contributed by atoms with Gasteiger partial charge in [-0.3, -0.25) is 4.79 Å². The molecular formula is C12H17ClFNO3. The third-order valence-electron chi connectivity index (χ3n) is 2.81. The number of esters is 1. The second kappa shape index (κ2) is 6.02. The summed E-state index contributed by atoms with van der Waals surface area (Å²) in [6.45, 7) is 3.16. The molecule has 0 saturated heterocycles. The van der Waals surface area contributed by atoms with Crippen LogP contribution in [0.25, 0.3) is 0 Å². The van der Waals surface area contributed by atoms with E-state index in [2.05, 4.69) is 4.74 Å². The largest absolute Gasteiger partial charge is 0.508 e. The molecule has 0 amide bonds. The van der Waals surface area contributed by atoms with Crippen LogP contribution in [0.1, 0.15) is 25.5 Å². The molecule has 1 aromatic carbocycles. The number of methoxy groups -OCH3 is 1. The summed E-state index contributed by atoms with van der Waals surface area (Å²) in [5.74, 6) is -1.35. The van der Waals surface area contributed by atoms with E-state index in [-0.39, 0.29) is 23.7 Å². The molecule has 0 bridgehead atoms. The molecule has 0 fully saturated rings. The van der Waals surface area contributed by atoms with Crippen LogP contribution in [0.15, 0.2) is 18.2 Å². The minimum absolute atomic E-state index is 0. The number of carbonyl (C=O) groups is 1. The van der Waals surface area contributed by atoms with Crippen molar-refractivity contribution in [3.63, 3.8) is 0 Å². The first kappa shape index (κ1) is 16.7. The third kappa shape index (κ3) is 3.11. The van der Waals surface area contributed by atoms with E-state index >= 15 is 0 Å². The van der Waals surface area contributed by atoms with Gasteiger partial charge in [0.25, 0.3) is 0 Å². The van der Waals surface area contributed by atoms with Gasteiger partial charge < -0.3 is 15.6 Å². The normalized spacial score (nSPS) is 12.5. The molecule has 102 valence electrons. The van der Waals surface area contributed by atoms with Gasteiger partial charge in [-0.25, -0.2) is 4.39 Å². The molecule has 0 aliphatic carbocycles. The van der Waals surface area contributed by atoms with Crippen LogP contribution in [0.5, 0.6) is 5.75 Å². The zero-order valence-corrected chi connectivity index (χ0v) is 11.3. The smallest absolute Gasteiger partial charge is 0.313 e. The van der Waals surface area contributed by atoms with Crippen molar-refractivity contribution in [1.82, 2.24) is 0 Å². The lowest BCUT2D eigenvalue weighted by Crippen LogP contribution is -2.37. The van der Waals surface area contributed by atoms with E-state index in [9.17, 15) is 9.18 Å². The highest BCUT2D eigenvalue weighted by atomic mass is 35.5. The molecule has 1 atom stereocenters. The number of halogens is 2. The fourth-order valence-corrected chi connectivity index (χ4v) is 1.55. The Kier molecular flexibility index (Phi) is 5.57. The van der Waals surface area contributed by atoms with E-state index in [4.69, 9.17) is 10.8 Å². The Morgan fingerprint density at radius 2 is 2.06 bits per heavy atom. The molecule has 6 heteroatoms. The van der Waals surface area contributed by atoms with E-state index in [0.717, 1.165) is 6.07 Å². The Morgan fingerprint density at radius 3 is 2.50 bits per heavy atom. The highest BCUT2D eigenvalue weighted by Gasteiger charge is 2.37. The van der Waals surface area contributed by atoms with Crippen molar-refractivity contribution in [3.8, 4) is 5.75 Å². The fraction of sp³-hybridized carbons (Fsp3) is 0.417. The number of rotatable bonds is 3. The van der Waals surface area contributed by atoms with Crippen LogP contribution in [0, 0.1) is 11.2 Å². The molecule has 4 nitrogen and oxygen atoms in total. The number of carbonyl (C=O) groups excluding carboxylic acids is 1. The average Bonchev–Trinajstić information content (AvgIpc) is 2.27. The van der Waals surface area contributed by atoms with Gasteiger partial charge in [-0.15, -0.1) is 12.4 Å². The van der Waals surface area contributed by atoms with Crippen molar-refractivity contribution >= 4 is 18.4 Å². The standard InChI is InChI=1S/C12H16FNO3.ClH/c1-12(2,11(16)17-3)10(14)8-5-4-7(15)6-9(8)13;/h4-6,10,15H,14H2,1-3H3;1H/t10-;/m1./s1. The lowest BCUT2D eigenvalue weighted by Gasteiger charge is -2.29. The average molecular weight is 278 g/mol. The van der Waals surface area contributed by atoms with Gasteiger partial charge in [0.15, 0.2) is 0 Å². The number of phenolic OH excluding ortho intramolecular Hbond substituents is 1. The van der Waals surface area contributed by atoms with Gasteiger partial charge >= 0.3 is 5.97 Å². The minimum Gasteiger partial charge on any atom is -0.508 e. The quantitative estimate of drug-likeness (QED) is 0.831. The SMILES string of the molecule is COC(=O)C(C)(C)[C@H](N)c1ccc(O)cc1F.Cl. The van der Waals surface area contributed by atoms with Crippen LogP contribution in [-0.4, -0.2) is 18.2 Å². The Morgan fingerprint density at radius 1 is 1.50 bits per heavy atom. The molecule has 1 rings (SSSR count). The monoisotopic (exact) mass is 277 g/mol. The summed E-state index contributed by atoms with van der Waals surface area (Å²) < 4.78 is 18.2. The Bertz CT molecular complexity index is 437. The highest BCUT2D eigenvalue weighted by molar-refractivity contribution is 5.85. The Labute approximate surface area is 111 Å². The molecule has 0 heterocycles. The number of hydrogen-bond donors (Lipinski definition) is 2. The van der Waals surface area contributed by atoms with Crippen molar-refractivity contribution in [2.75, 3.05) is 7.11 Å². The fourth-order valence-electron chi connectivity index (χ4n) is 1.55. The molecule has 0 spiro atoms. The van der Waals surface area contributed by atoms with E-state index < -0.39 is 23.2 Å². The van der Waals surface area contributed by atoms with Crippen LogP contribution in [0.3, 0.4) is 0 Å². The summed E-state index contributed by atoms with van der Waals surface area (Å²) in [7, 11) is 1.25. The number of phenols is 1. The zero-order chi connectivity index (χ0) is 13.2. The number of aromatic hydroxyl groups is 1. The molecule has 0 radical (unpaired) electrons. The van der Waals surface area contributed by atoms with Crippen LogP contribution in [-0.2, 0) is 9.53 Å². The first-order valence-corrected chi connectivity index (χ1v) is 5.13. The van der Waals surface area contributed by atoms with Gasteiger partial charge in [-0.1, -0.05) is 6.07 Å². The van der Waals surface area contributed by atoms with Crippen molar-refractivity contribution in [2.24, 2.45) is 11.1 Å². The zero-order valence-electron chi connectivity index (χ0n) is 10.4. The van der Waals surface area contributed by atoms with Crippen molar-refractivity contribution < 1.29 is 19.0 Å². The Hall–Kier alpha value is -1.33. The Balaban J connectivity index is 0.00000289. The molecule has 0 aliphatic heterocycles. The van der Waals surface area contributed by atoms with E-state index in [1.165, 1.54) is 19.2 Å². The summed E-state index contributed by atoms with van der Waals surface area (Å²) >= 11 is 0. The minimum atomic E-state index is -1.05. The summed E-state index contributed by atoms with van der Waals surface area (Å²) in [6, 6.07) is 2.80. The topological polar surface area (TPSA) is 72.5 Å². The molecule has 3 N–H and O–H groups in total. The van der Waals surface area contributed by atoms with Crippen LogP contribution in [0.2, 0.25) is 0 Å². The van der Waals surface area contributed by atoms with E-state index in [1.54, 1.807) is 13.8 Å². The maximum absolute atomic E-state index is 13.6. The van der Waals surface area contributed by atoms with Gasteiger partial charge in [-0.05, 0) is 19.9 Å². The van der Waals surface area contributed by atoms with E-state index in [0.29, 0.717) is 0 Å². The third-order valence-corrected chi connectivity index (χ3v) is 2.81. The maximum atomic E-state index is 13.6. The van der Waals surface area contributed by atoms with Crippen molar-refractivity contribution in [3.05, 3.63) is 29.6 Å². The second-order valence-corrected chi connectivity index (χ2v) is 4.40. The summed E-state index contributed by atoms with van der Waals surface area (Å²) in [5.41, 5.74) is 4.99. The van der Waals surface area contributed by atoms with Crippen molar-refractivity contribution in [1.29, 1.82) is 0 Å². The van der Waals surface area contributed by atoms with Gasteiger partial charge in [-0.2, -0.15) is 0 Å². The van der Waals surface area contributed by atoms with Crippen LogP contribution < -0.4 is 5.73 Å². The highest BCUT2D eigenvalue weighted by Crippen LogP contribution is 2.34. The summed E-state index contributed by atoms with van der Waals surface area (Å²) in [6.07, 6.45) is 0. The number of benzene rings is 1. The van der Waals surface area contributed by atoms with Gasteiger partial charge in [0.1, 0.15) is 11.6 Å². The molecular weight excluding hydrogens is 261 g/mol. The lowest BCUT2D eigenvalue weighted by atomic mass is 9.81. The number of nitrogens with two attached hydrogens (primary N) is 1. The summed E-state index contributed by atoms with van der Waals surface area (Å²) in [5, 5.41) is 9.11. The van der Waals surface area contributed by atoms with Crippen LogP contribution in [0.4, 0.5) is 4.39 Å². The van der Waals surface area contributed by atoms with Gasteiger partial charge in [0.05, 0.1) is 12.5 Å². The molecule has 0 unspecified atom stereocenters. The van der Waals surface area contributed by atoms with Gasteiger partial charge in [0, 0.05) is 17.7 Å². The predicted molar refractivity (Wildman–Crippen MR) is 68.0 cm³/mol. The first-order chi connectivity index (χ1) is 7.80. The first-order valence-electron chi connectivity index (χ1n) is 5.13. The van der Waals surface area contributed by atoms with Gasteiger partial charge in [0.2, 0.25) is 0 Å². The van der Waals surface area contributed by atoms with Crippen LogP contribution >= 0.6 is 12.4 Å². The van der Waals surface area contributed by atoms with E-state index in [1.807, 2.05) is 0 Å². The molecule has 1 aromatic rings. The maximum Gasteiger partial charge on any atom is 0.313 e. The molecule has 0 saturated carbocycles. The predicted octanol–water partition coefficient (Wildman–Crippen LogP) is 2.15. The molecule has 18 heavy (non-hydrogen) atoms. The van der Waals surface area contributed by atoms with Crippen molar-refractivity contribution in [2.45, 2.75) is 19.9 Å².